The number of para-hydroxylation sites is 2. The molecule has 0 saturated carbocycles. The largest absolute Gasteiger partial charge is 0.493 e. The normalized spacial score (nSPS) is 11.2. The first-order valence-electron chi connectivity index (χ1n) is 8.27. The van der Waals surface area contributed by atoms with Gasteiger partial charge in [-0.15, -0.1) is 0 Å². The molecule has 3 aromatic rings. The zero-order chi connectivity index (χ0) is 17.1. The summed E-state index contributed by atoms with van der Waals surface area (Å²) in [7, 11) is 3.32. The molecule has 1 heterocycles. The summed E-state index contributed by atoms with van der Waals surface area (Å²) >= 11 is 0. The monoisotopic (exact) mass is 324 g/mol. The molecule has 126 valence electrons. The summed E-state index contributed by atoms with van der Waals surface area (Å²) in [5.74, 6) is 3.19. The maximum Gasteiger partial charge on any atom is 0.161 e. The summed E-state index contributed by atoms with van der Waals surface area (Å²) in [4.78, 5) is 4.83. The molecule has 0 amide bonds. The van der Waals surface area contributed by atoms with Crippen LogP contribution in [0.15, 0.2) is 42.5 Å². The Balaban J connectivity index is 2.02. The van der Waals surface area contributed by atoms with Crippen molar-refractivity contribution in [3.05, 3.63) is 53.9 Å². The number of benzene rings is 2. The van der Waals surface area contributed by atoms with Crippen LogP contribution in [-0.2, 0) is 13.0 Å². The van der Waals surface area contributed by atoms with Crippen LogP contribution in [0.25, 0.3) is 11.0 Å². The lowest BCUT2D eigenvalue weighted by Gasteiger charge is -2.13. The second-order valence-corrected chi connectivity index (χ2v) is 6.39. The van der Waals surface area contributed by atoms with Gasteiger partial charge in [-0.1, -0.05) is 32.0 Å². The number of methoxy groups -OCH3 is 2. The van der Waals surface area contributed by atoms with Crippen molar-refractivity contribution in [2.24, 2.45) is 5.92 Å². The quantitative estimate of drug-likeness (QED) is 0.678. The van der Waals surface area contributed by atoms with Gasteiger partial charge in [0.1, 0.15) is 5.82 Å². The predicted molar refractivity (Wildman–Crippen MR) is 96.9 cm³/mol. The molecule has 0 atom stereocenters. The third kappa shape index (κ3) is 3.23. The third-order valence-electron chi connectivity index (χ3n) is 4.11. The highest BCUT2D eigenvalue weighted by Crippen LogP contribution is 2.29. The van der Waals surface area contributed by atoms with Crippen molar-refractivity contribution in [1.82, 2.24) is 9.55 Å². The average molecular weight is 324 g/mol. The van der Waals surface area contributed by atoms with E-state index in [9.17, 15) is 0 Å². The van der Waals surface area contributed by atoms with E-state index in [4.69, 9.17) is 14.5 Å². The van der Waals surface area contributed by atoms with Gasteiger partial charge < -0.3 is 14.0 Å². The fraction of sp³-hybridized carbons (Fsp3) is 0.350. The minimum Gasteiger partial charge on any atom is -0.493 e. The fourth-order valence-corrected chi connectivity index (χ4v) is 2.98. The topological polar surface area (TPSA) is 36.3 Å². The maximum absolute atomic E-state index is 5.43. The summed E-state index contributed by atoms with van der Waals surface area (Å²) in [5, 5.41) is 0. The molecule has 0 unspecified atom stereocenters. The molecule has 0 saturated heterocycles. The van der Waals surface area contributed by atoms with E-state index < -0.39 is 0 Å². The first kappa shape index (κ1) is 16.4. The van der Waals surface area contributed by atoms with Crippen molar-refractivity contribution in [2.45, 2.75) is 26.8 Å². The number of aromatic nitrogens is 2. The molecule has 3 rings (SSSR count). The van der Waals surface area contributed by atoms with Gasteiger partial charge in [0.05, 0.1) is 25.3 Å². The smallest absolute Gasteiger partial charge is 0.161 e. The summed E-state index contributed by atoms with van der Waals surface area (Å²) in [6.45, 7) is 5.21. The lowest BCUT2D eigenvalue weighted by Crippen LogP contribution is -2.08. The maximum atomic E-state index is 5.43. The summed E-state index contributed by atoms with van der Waals surface area (Å²) in [6.07, 6.45) is 0.960. The molecule has 0 radical (unpaired) electrons. The number of imidazole rings is 1. The Hall–Kier alpha value is -2.49. The zero-order valence-electron chi connectivity index (χ0n) is 14.7. The Morgan fingerprint density at radius 2 is 1.75 bits per heavy atom. The van der Waals surface area contributed by atoms with Gasteiger partial charge in [0.15, 0.2) is 11.5 Å². The van der Waals surface area contributed by atoms with Gasteiger partial charge in [0.2, 0.25) is 0 Å². The molecule has 0 fully saturated rings. The highest BCUT2D eigenvalue weighted by molar-refractivity contribution is 5.76. The van der Waals surface area contributed by atoms with Crippen LogP contribution in [0.5, 0.6) is 11.5 Å². The highest BCUT2D eigenvalue weighted by atomic mass is 16.5. The van der Waals surface area contributed by atoms with E-state index in [0.29, 0.717) is 5.92 Å². The lowest BCUT2D eigenvalue weighted by atomic mass is 10.1. The van der Waals surface area contributed by atoms with E-state index >= 15 is 0 Å². The Morgan fingerprint density at radius 3 is 2.46 bits per heavy atom. The molecule has 4 heteroatoms. The fourth-order valence-electron chi connectivity index (χ4n) is 2.98. The number of ether oxygens (including phenoxy) is 2. The van der Waals surface area contributed by atoms with Crippen LogP contribution in [0.3, 0.4) is 0 Å². The van der Waals surface area contributed by atoms with E-state index in [2.05, 4.69) is 42.7 Å². The summed E-state index contributed by atoms with van der Waals surface area (Å²) in [6, 6.07) is 14.4. The number of hydrogen-bond acceptors (Lipinski definition) is 3. The lowest BCUT2D eigenvalue weighted by molar-refractivity contribution is 0.354. The summed E-state index contributed by atoms with van der Waals surface area (Å²) in [5.41, 5.74) is 3.39. The van der Waals surface area contributed by atoms with Crippen LogP contribution in [0, 0.1) is 5.92 Å². The number of hydrogen-bond donors (Lipinski definition) is 0. The Labute approximate surface area is 143 Å². The van der Waals surface area contributed by atoms with Gasteiger partial charge in [0, 0.05) is 13.0 Å². The van der Waals surface area contributed by atoms with Crippen molar-refractivity contribution in [2.75, 3.05) is 14.2 Å². The minimum atomic E-state index is 0.561. The molecule has 4 nitrogen and oxygen atoms in total. The van der Waals surface area contributed by atoms with Gasteiger partial charge in [-0.3, -0.25) is 0 Å². The van der Waals surface area contributed by atoms with Gasteiger partial charge in [-0.2, -0.15) is 0 Å². The van der Waals surface area contributed by atoms with E-state index in [-0.39, 0.29) is 0 Å². The first-order valence-corrected chi connectivity index (χ1v) is 8.27. The number of fused-ring (bicyclic) bond motifs is 1. The molecule has 24 heavy (non-hydrogen) atoms. The van der Waals surface area contributed by atoms with E-state index in [1.807, 2.05) is 18.2 Å². The molecule has 1 aromatic heterocycles. The molecule has 0 spiro atoms. The molecular formula is C20H24N2O2. The van der Waals surface area contributed by atoms with Crippen LogP contribution in [-0.4, -0.2) is 23.8 Å². The van der Waals surface area contributed by atoms with Crippen molar-refractivity contribution >= 4 is 11.0 Å². The Morgan fingerprint density at radius 1 is 1.00 bits per heavy atom. The molecule has 0 aliphatic carbocycles. The van der Waals surface area contributed by atoms with Gasteiger partial charge in [-0.25, -0.2) is 4.98 Å². The number of nitrogens with zero attached hydrogens (tertiary/aromatic N) is 2. The van der Waals surface area contributed by atoms with E-state index in [1.54, 1.807) is 14.2 Å². The first-order chi connectivity index (χ1) is 11.6. The van der Waals surface area contributed by atoms with Crippen LogP contribution in [0.1, 0.15) is 25.2 Å². The van der Waals surface area contributed by atoms with Crippen molar-refractivity contribution in [1.29, 1.82) is 0 Å². The highest BCUT2D eigenvalue weighted by Gasteiger charge is 2.13. The number of rotatable bonds is 6. The standard InChI is InChI=1S/C20H24N2O2/c1-14(2)11-20-21-16-7-5-6-8-17(16)22(20)13-15-9-10-18(23-3)19(12-15)24-4/h5-10,12,14H,11,13H2,1-4H3. The Kier molecular flexibility index (Phi) is 4.74. The van der Waals surface area contributed by atoms with Crippen LogP contribution < -0.4 is 9.47 Å². The van der Waals surface area contributed by atoms with Gasteiger partial charge in [0.25, 0.3) is 0 Å². The van der Waals surface area contributed by atoms with Crippen molar-refractivity contribution < 1.29 is 9.47 Å². The van der Waals surface area contributed by atoms with Crippen molar-refractivity contribution in [3.63, 3.8) is 0 Å². The molecule has 0 bridgehead atoms. The minimum absolute atomic E-state index is 0.561. The van der Waals surface area contributed by atoms with Crippen LogP contribution >= 0.6 is 0 Å². The molecular weight excluding hydrogens is 300 g/mol. The zero-order valence-corrected chi connectivity index (χ0v) is 14.7. The van der Waals surface area contributed by atoms with E-state index in [0.717, 1.165) is 35.8 Å². The predicted octanol–water partition coefficient (Wildman–Crippen LogP) is 4.30. The van der Waals surface area contributed by atoms with Crippen LogP contribution in [0.2, 0.25) is 0 Å². The SMILES string of the molecule is COc1ccc(Cn2c(CC(C)C)nc3ccccc32)cc1OC. The van der Waals surface area contributed by atoms with Crippen LogP contribution in [0.4, 0.5) is 0 Å². The third-order valence-corrected chi connectivity index (χ3v) is 4.11. The second kappa shape index (κ2) is 6.95. The second-order valence-electron chi connectivity index (χ2n) is 6.39. The Bertz CT molecular complexity index is 837. The molecule has 2 aromatic carbocycles. The summed E-state index contributed by atoms with van der Waals surface area (Å²) < 4.78 is 13.1. The van der Waals surface area contributed by atoms with Gasteiger partial charge >= 0.3 is 0 Å². The van der Waals surface area contributed by atoms with Crippen molar-refractivity contribution in [3.8, 4) is 11.5 Å². The molecule has 0 aliphatic heterocycles. The average Bonchev–Trinajstić information content (AvgIpc) is 2.91. The van der Waals surface area contributed by atoms with Gasteiger partial charge in [-0.05, 0) is 35.7 Å². The van der Waals surface area contributed by atoms with E-state index in [1.165, 1.54) is 11.1 Å². The molecule has 0 N–H and O–H groups in total. The molecule has 0 aliphatic rings.